The molecule has 3 aromatic carbocycles. The third kappa shape index (κ3) is 4.43. The zero-order chi connectivity index (χ0) is 23.5. The van der Waals surface area contributed by atoms with Crippen LogP contribution in [0.5, 0.6) is 5.75 Å². The molecule has 0 unspecified atom stereocenters. The highest BCUT2D eigenvalue weighted by molar-refractivity contribution is 5.87. The molecule has 4 aromatic rings. The first-order valence-electron chi connectivity index (χ1n) is 11.9. The third-order valence-corrected chi connectivity index (χ3v) is 6.82. The lowest BCUT2D eigenvalue weighted by Crippen LogP contribution is -2.29. The van der Waals surface area contributed by atoms with E-state index < -0.39 is 0 Å². The van der Waals surface area contributed by atoms with Gasteiger partial charge in [0.05, 0.1) is 7.11 Å². The number of hydrogen-bond acceptors (Lipinski definition) is 2. The summed E-state index contributed by atoms with van der Waals surface area (Å²) in [5.74, 6) is 0.296. The lowest BCUT2D eigenvalue weighted by atomic mass is 9.87. The van der Waals surface area contributed by atoms with Crippen molar-refractivity contribution in [3.8, 4) is 5.75 Å². The van der Waals surface area contributed by atoms with Crippen LogP contribution in [-0.4, -0.2) is 35.6 Å². The number of carbonyl (C=O) groups excluding carboxylic acids is 1. The number of nitrogens with zero attached hydrogens (tertiary/aromatic N) is 2. The summed E-state index contributed by atoms with van der Waals surface area (Å²) in [7, 11) is 1.66. The summed E-state index contributed by atoms with van der Waals surface area (Å²) in [4.78, 5) is 15.1. The molecule has 5 heteroatoms. The molecule has 1 aromatic heterocycles. The Labute approximate surface area is 199 Å². The van der Waals surface area contributed by atoms with Crippen LogP contribution in [0.25, 0.3) is 10.9 Å². The Morgan fingerprint density at radius 3 is 2.38 bits per heavy atom. The van der Waals surface area contributed by atoms with E-state index in [1.165, 1.54) is 6.07 Å². The van der Waals surface area contributed by atoms with Gasteiger partial charge in [-0.15, -0.1) is 0 Å². The zero-order valence-corrected chi connectivity index (χ0v) is 19.4. The number of benzene rings is 3. The Kier molecular flexibility index (Phi) is 6.35. The lowest BCUT2D eigenvalue weighted by Gasteiger charge is -2.22. The summed E-state index contributed by atoms with van der Waals surface area (Å²) in [6, 6.07) is 23.1. The molecule has 0 spiro atoms. The molecule has 1 saturated heterocycles. The molecule has 0 bridgehead atoms. The van der Waals surface area contributed by atoms with Crippen LogP contribution < -0.4 is 4.74 Å². The number of rotatable bonds is 7. The van der Waals surface area contributed by atoms with Gasteiger partial charge in [-0.3, -0.25) is 4.79 Å². The predicted octanol–water partition coefficient (Wildman–Crippen LogP) is 5.98. The SMILES string of the molecule is COc1ccc(Cn2cc([C@@H](CC(=O)N3CCCC3)c3ccccc3F)c3ccccc32)cc1. The highest BCUT2D eigenvalue weighted by Crippen LogP contribution is 2.37. The van der Waals surface area contributed by atoms with Gasteiger partial charge < -0.3 is 14.2 Å². The maximum Gasteiger partial charge on any atom is 0.223 e. The maximum absolute atomic E-state index is 15.0. The van der Waals surface area contributed by atoms with Crippen molar-refractivity contribution in [2.45, 2.75) is 31.7 Å². The van der Waals surface area contributed by atoms with Crippen molar-refractivity contribution < 1.29 is 13.9 Å². The van der Waals surface area contributed by atoms with Crippen LogP contribution >= 0.6 is 0 Å². The Hall–Kier alpha value is -3.60. The minimum atomic E-state index is -0.351. The summed E-state index contributed by atoms with van der Waals surface area (Å²) >= 11 is 0. The monoisotopic (exact) mass is 456 g/mol. The van der Waals surface area contributed by atoms with Gasteiger partial charge in [-0.25, -0.2) is 4.39 Å². The van der Waals surface area contributed by atoms with Crippen LogP contribution in [0, 0.1) is 5.82 Å². The minimum absolute atomic E-state index is 0.0951. The molecular weight excluding hydrogens is 427 g/mol. The molecule has 4 nitrogen and oxygen atoms in total. The van der Waals surface area contributed by atoms with E-state index in [2.05, 4.69) is 35.0 Å². The van der Waals surface area contributed by atoms with Crippen molar-refractivity contribution >= 4 is 16.8 Å². The van der Waals surface area contributed by atoms with Gasteiger partial charge in [-0.2, -0.15) is 0 Å². The largest absolute Gasteiger partial charge is 0.497 e. The first-order chi connectivity index (χ1) is 16.6. The molecule has 2 heterocycles. The fraction of sp³-hybridized carbons (Fsp3) is 0.276. The van der Waals surface area contributed by atoms with E-state index in [4.69, 9.17) is 4.74 Å². The Balaban J connectivity index is 1.57. The molecule has 1 atom stereocenters. The Morgan fingerprint density at radius 2 is 1.65 bits per heavy atom. The smallest absolute Gasteiger partial charge is 0.223 e. The number of para-hydroxylation sites is 1. The van der Waals surface area contributed by atoms with E-state index in [1.54, 1.807) is 13.2 Å². The van der Waals surface area contributed by atoms with Crippen molar-refractivity contribution in [3.63, 3.8) is 0 Å². The van der Waals surface area contributed by atoms with Crippen LogP contribution in [0.15, 0.2) is 79.0 Å². The van der Waals surface area contributed by atoms with Gasteiger partial charge >= 0.3 is 0 Å². The molecule has 1 fully saturated rings. The summed E-state index contributed by atoms with van der Waals surface area (Å²) in [6.45, 7) is 2.26. The topological polar surface area (TPSA) is 34.5 Å². The summed E-state index contributed by atoms with van der Waals surface area (Å²) in [5, 5.41) is 1.05. The van der Waals surface area contributed by atoms with Crippen LogP contribution in [0.2, 0.25) is 0 Å². The fourth-order valence-electron chi connectivity index (χ4n) is 5.03. The van der Waals surface area contributed by atoms with Gasteiger partial charge in [0.25, 0.3) is 0 Å². The van der Waals surface area contributed by atoms with Crippen LogP contribution in [-0.2, 0) is 11.3 Å². The van der Waals surface area contributed by atoms with E-state index >= 15 is 4.39 Å². The second kappa shape index (κ2) is 9.72. The number of carbonyl (C=O) groups is 1. The molecule has 5 rings (SSSR count). The number of hydrogen-bond donors (Lipinski definition) is 0. The molecule has 0 radical (unpaired) electrons. The molecule has 0 saturated carbocycles. The molecule has 1 amide bonds. The van der Waals surface area contributed by atoms with E-state index in [-0.39, 0.29) is 24.1 Å². The predicted molar refractivity (Wildman–Crippen MR) is 133 cm³/mol. The number of ether oxygens (including phenoxy) is 1. The first kappa shape index (κ1) is 22.2. The highest BCUT2D eigenvalue weighted by Gasteiger charge is 2.28. The minimum Gasteiger partial charge on any atom is -0.497 e. The first-order valence-corrected chi connectivity index (χ1v) is 11.9. The maximum atomic E-state index is 15.0. The fourth-order valence-corrected chi connectivity index (χ4v) is 5.03. The molecule has 0 N–H and O–H groups in total. The molecule has 34 heavy (non-hydrogen) atoms. The van der Waals surface area contributed by atoms with Gasteiger partial charge in [-0.05, 0) is 53.8 Å². The second-order valence-electron chi connectivity index (χ2n) is 8.94. The quantitative estimate of drug-likeness (QED) is 0.343. The van der Waals surface area contributed by atoms with Gasteiger partial charge in [0, 0.05) is 49.1 Å². The number of fused-ring (bicyclic) bond motifs is 1. The van der Waals surface area contributed by atoms with Crippen molar-refractivity contribution in [2.75, 3.05) is 20.2 Å². The Morgan fingerprint density at radius 1 is 0.941 bits per heavy atom. The number of likely N-dealkylation sites (tertiary alicyclic amines) is 1. The molecule has 1 aliphatic rings. The zero-order valence-electron chi connectivity index (χ0n) is 19.4. The van der Waals surface area contributed by atoms with Gasteiger partial charge in [0.15, 0.2) is 0 Å². The number of amides is 1. The van der Waals surface area contributed by atoms with Crippen molar-refractivity contribution in [1.29, 1.82) is 0 Å². The molecule has 1 aliphatic heterocycles. The van der Waals surface area contributed by atoms with Crippen molar-refractivity contribution in [1.82, 2.24) is 9.47 Å². The van der Waals surface area contributed by atoms with Crippen LogP contribution in [0.1, 0.15) is 41.9 Å². The third-order valence-electron chi connectivity index (χ3n) is 6.82. The molecular formula is C29H29FN2O2. The molecule has 0 aliphatic carbocycles. The van der Waals surface area contributed by atoms with Gasteiger partial charge in [-0.1, -0.05) is 48.5 Å². The Bertz CT molecular complexity index is 1290. The van der Waals surface area contributed by atoms with Gasteiger partial charge in [0.2, 0.25) is 5.91 Å². The van der Waals surface area contributed by atoms with Crippen LogP contribution in [0.4, 0.5) is 4.39 Å². The summed E-state index contributed by atoms with van der Waals surface area (Å²) in [5.41, 5.74) is 3.77. The van der Waals surface area contributed by atoms with E-state index in [0.29, 0.717) is 12.1 Å². The van der Waals surface area contributed by atoms with Crippen molar-refractivity contribution in [3.05, 3.63) is 102 Å². The van der Waals surface area contributed by atoms with E-state index in [0.717, 1.165) is 53.7 Å². The average molecular weight is 457 g/mol. The average Bonchev–Trinajstić information content (AvgIpc) is 3.53. The number of aromatic nitrogens is 1. The van der Waals surface area contributed by atoms with E-state index in [1.807, 2.05) is 41.3 Å². The standard InChI is InChI=1S/C29H29FN2O2/c1-34-22-14-12-21(13-15-22)19-32-20-26(24-9-3-5-11-28(24)32)25(23-8-2-4-10-27(23)30)18-29(33)31-16-6-7-17-31/h2-5,8-15,20,25H,6-7,16-19H2,1H3/t25-/m0/s1. The summed E-state index contributed by atoms with van der Waals surface area (Å²) < 4.78 is 22.5. The van der Waals surface area contributed by atoms with E-state index in [9.17, 15) is 4.79 Å². The number of methoxy groups -OCH3 is 1. The summed E-state index contributed by atoms with van der Waals surface area (Å²) in [6.07, 6.45) is 4.44. The normalized spacial score (nSPS) is 14.5. The number of halogens is 1. The van der Waals surface area contributed by atoms with Crippen LogP contribution in [0.3, 0.4) is 0 Å². The van der Waals surface area contributed by atoms with Crippen molar-refractivity contribution in [2.24, 2.45) is 0 Å². The second-order valence-corrected chi connectivity index (χ2v) is 8.94. The highest BCUT2D eigenvalue weighted by atomic mass is 19.1. The van der Waals surface area contributed by atoms with Gasteiger partial charge in [0.1, 0.15) is 11.6 Å². The lowest BCUT2D eigenvalue weighted by molar-refractivity contribution is -0.130. The molecule has 174 valence electrons.